The summed E-state index contributed by atoms with van der Waals surface area (Å²) in [5, 5.41) is 2.48. The number of fused-ring (bicyclic) bond motifs is 4. The minimum Gasteiger partial charge on any atom is -0.316 e. The number of hydrogen-bond acceptors (Lipinski definition) is 1. The lowest BCUT2D eigenvalue weighted by Crippen LogP contribution is -2.12. The average Bonchev–Trinajstić information content (AvgIpc) is 3.51. The number of rotatable bonds is 5. The Morgan fingerprint density at radius 2 is 1.00 bits per heavy atom. The molecule has 1 aliphatic heterocycles. The first kappa shape index (κ1) is 29.5. The van der Waals surface area contributed by atoms with Gasteiger partial charge in [0.1, 0.15) is 0 Å². The second-order valence-corrected chi connectivity index (χ2v) is 12.7. The molecule has 8 aromatic rings. The van der Waals surface area contributed by atoms with E-state index in [0.717, 1.165) is 33.8 Å². The van der Waals surface area contributed by atoms with E-state index in [1.807, 2.05) is 0 Å². The fourth-order valence-electron chi connectivity index (χ4n) is 7.24. The van der Waals surface area contributed by atoms with Gasteiger partial charge in [-0.3, -0.25) is 0 Å². The van der Waals surface area contributed by atoms with Crippen molar-refractivity contribution in [2.24, 2.45) is 0 Å². The molecule has 0 N–H and O–H groups in total. The summed E-state index contributed by atoms with van der Waals surface area (Å²) < 4.78 is 2.36. The molecule has 0 fully saturated rings. The highest BCUT2D eigenvalue weighted by molar-refractivity contribution is 6.10. The van der Waals surface area contributed by atoms with E-state index >= 15 is 0 Å². The Morgan fingerprint density at radius 1 is 0.400 bits per heavy atom. The van der Waals surface area contributed by atoms with Gasteiger partial charge in [-0.15, -0.1) is 0 Å². The molecule has 2 heteroatoms. The molecular formula is C48H34N2. The van der Waals surface area contributed by atoms with Gasteiger partial charge in [0.05, 0.1) is 16.7 Å². The van der Waals surface area contributed by atoms with Crippen molar-refractivity contribution < 1.29 is 0 Å². The fraction of sp³-hybridized carbons (Fsp3) is 0. The summed E-state index contributed by atoms with van der Waals surface area (Å²) in [4.78, 5) is 2.31. The van der Waals surface area contributed by atoms with Crippen molar-refractivity contribution in [1.29, 1.82) is 0 Å². The number of hydrogen-bond donors (Lipinski definition) is 0. The summed E-state index contributed by atoms with van der Waals surface area (Å²) in [5.74, 6) is 0. The first-order valence-electron chi connectivity index (χ1n) is 17.0. The molecule has 7 aromatic carbocycles. The van der Waals surface area contributed by atoms with Crippen LogP contribution >= 0.6 is 0 Å². The van der Waals surface area contributed by atoms with E-state index in [1.54, 1.807) is 0 Å². The number of nitrogens with zero attached hydrogens (tertiary/aromatic N) is 2. The summed E-state index contributed by atoms with van der Waals surface area (Å²) in [7, 11) is 0. The predicted octanol–water partition coefficient (Wildman–Crippen LogP) is 13.0. The molecular weight excluding hydrogens is 605 g/mol. The maximum absolute atomic E-state index is 4.47. The average molecular weight is 639 g/mol. The van der Waals surface area contributed by atoms with Crippen molar-refractivity contribution in [2.45, 2.75) is 0 Å². The van der Waals surface area contributed by atoms with Crippen molar-refractivity contribution >= 4 is 38.8 Å². The number of para-hydroxylation sites is 2. The first-order valence-corrected chi connectivity index (χ1v) is 17.0. The molecule has 0 radical (unpaired) electrons. The van der Waals surface area contributed by atoms with Crippen LogP contribution in [0.2, 0.25) is 0 Å². The van der Waals surface area contributed by atoms with Gasteiger partial charge < -0.3 is 9.47 Å². The van der Waals surface area contributed by atoms with Gasteiger partial charge in [-0.1, -0.05) is 134 Å². The molecule has 236 valence electrons. The standard InChI is InChI=1S/C48H34N2/c1-34-15-13-14-28-49(42-30-39(35-16-5-2-6-17-35)29-40(31-42)36-18-7-3-8-19-36)48-33-38(24-26-43(34)48)37-25-27-47-45(32-37)44-22-11-12-23-46(44)50(47)41-20-9-4-10-21-41/h2-33H,1H2/b15-13-,28-14-. The number of benzene rings is 7. The fourth-order valence-corrected chi connectivity index (χ4v) is 7.24. The third-order valence-electron chi connectivity index (χ3n) is 9.68. The van der Waals surface area contributed by atoms with Crippen LogP contribution in [0.15, 0.2) is 201 Å². The SMILES string of the molecule is C=C1/C=C\C=C/N(c2cc(-c3ccccc3)cc(-c3ccccc3)c2)c2cc(-c3ccc4c(c3)c3ccccc3n4-c3ccccc3)ccc21. The van der Waals surface area contributed by atoms with E-state index in [2.05, 4.69) is 210 Å². The number of anilines is 2. The van der Waals surface area contributed by atoms with Gasteiger partial charge in [-0.2, -0.15) is 0 Å². The second-order valence-electron chi connectivity index (χ2n) is 12.7. The van der Waals surface area contributed by atoms with Crippen molar-refractivity contribution in [3.8, 4) is 39.1 Å². The molecule has 2 nitrogen and oxygen atoms in total. The minimum atomic E-state index is 0.977. The highest BCUT2D eigenvalue weighted by Gasteiger charge is 2.19. The Balaban J connectivity index is 1.22. The minimum absolute atomic E-state index is 0.977. The molecule has 1 aromatic heterocycles. The Labute approximate surface area is 292 Å². The van der Waals surface area contributed by atoms with E-state index in [1.165, 1.54) is 49.6 Å². The Morgan fingerprint density at radius 3 is 1.72 bits per heavy atom. The normalized spacial score (nSPS) is 13.9. The van der Waals surface area contributed by atoms with Gasteiger partial charge >= 0.3 is 0 Å². The highest BCUT2D eigenvalue weighted by Crippen LogP contribution is 2.42. The van der Waals surface area contributed by atoms with E-state index in [4.69, 9.17) is 0 Å². The third kappa shape index (κ3) is 5.24. The van der Waals surface area contributed by atoms with Crippen LogP contribution in [0, 0.1) is 0 Å². The van der Waals surface area contributed by atoms with Crippen LogP contribution in [-0.4, -0.2) is 4.57 Å². The molecule has 0 unspecified atom stereocenters. The van der Waals surface area contributed by atoms with Crippen molar-refractivity contribution in [3.63, 3.8) is 0 Å². The van der Waals surface area contributed by atoms with E-state index in [-0.39, 0.29) is 0 Å². The van der Waals surface area contributed by atoms with Crippen LogP contribution in [0.5, 0.6) is 0 Å². The van der Waals surface area contributed by atoms with Crippen molar-refractivity contribution in [1.82, 2.24) is 4.57 Å². The summed E-state index contributed by atoms with van der Waals surface area (Å²) in [5.41, 5.74) is 14.8. The van der Waals surface area contributed by atoms with Gasteiger partial charge in [0, 0.05) is 33.9 Å². The lowest BCUT2D eigenvalue weighted by molar-refractivity contribution is 1.18. The van der Waals surface area contributed by atoms with Crippen LogP contribution in [-0.2, 0) is 0 Å². The summed E-state index contributed by atoms with van der Waals surface area (Å²) in [6.45, 7) is 4.47. The summed E-state index contributed by atoms with van der Waals surface area (Å²) in [6.07, 6.45) is 8.43. The quantitative estimate of drug-likeness (QED) is 0.182. The van der Waals surface area contributed by atoms with Crippen LogP contribution in [0.25, 0.3) is 66.4 Å². The summed E-state index contributed by atoms with van der Waals surface area (Å²) in [6, 6.07) is 61.1. The lowest BCUT2D eigenvalue weighted by atomic mass is 9.95. The molecule has 0 bridgehead atoms. The smallest absolute Gasteiger partial charge is 0.0541 e. The molecule has 2 heterocycles. The first-order chi connectivity index (χ1) is 24.7. The molecule has 0 saturated heterocycles. The second kappa shape index (κ2) is 12.4. The third-order valence-corrected chi connectivity index (χ3v) is 9.68. The van der Waals surface area contributed by atoms with Gasteiger partial charge in [0.15, 0.2) is 0 Å². The van der Waals surface area contributed by atoms with Crippen molar-refractivity contribution in [2.75, 3.05) is 4.90 Å². The van der Waals surface area contributed by atoms with Gasteiger partial charge in [-0.25, -0.2) is 0 Å². The van der Waals surface area contributed by atoms with E-state index < -0.39 is 0 Å². The molecule has 0 atom stereocenters. The Hall–Kier alpha value is -6.64. The van der Waals surface area contributed by atoms with Gasteiger partial charge in [0.2, 0.25) is 0 Å². The van der Waals surface area contributed by atoms with E-state index in [0.29, 0.717) is 0 Å². The molecule has 0 amide bonds. The Kier molecular flexibility index (Phi) is 7.33. The van der Waals surface area contributed by atoms with Crippen LogP contribution in [0.3, 0.4) is 0 Å². The lowest BCUT2D eigenvalue weighted by Gasteiger charge is -2.27. The van der Waals surface area contributed by atoms with E-state index in [9.17, 15) is 0 Å². The highest BCUT2D eigenvalue weighted by atomic mass is 15.1. The maximum Gasteiger partial charge on any atom is 0.0541 e. The molecule has 0 spiro atoms. The maximum atomic E-state index is 4.47. The molecule has 1 aliphatic rings. The number of aromatic nitrogens is 1. The van der Waals surface area contributed by atoms with Crippen LogP contribution in [0.4, 0.5) is 11.4 Å². The zero-order chi connectivity index (χ0) is 33.4. The molecule has 0 aliphatic carbocycles. The van der Waals surface area contributed by atoms with Gasteiger partial charge in [0.25, 0.3) is 0 Å². The molecule has 50 heavy (non-hydrogen) atoms. The van der Waals surface area contributed by atoms with Crippen LogP contribution < -0.4 is 4.90 Å². The van der Waals surface area contributed by atoms with Crippen molar-refractivity contribution in [3.05, 3.63) is 206 Å². The molecule has 9 rings (SSSR count). The zero-order valence-electron chi connectivity index (χ0n) is 27.6. The molecule has 0 saturated carbocycles. The summed E-state index contributed by atoms with van der Waals surface area (Å²) >= 11 is 0. The largest absolute Gasteiger partial charge is 0.316 e. The number of allylic oxidation sites excluding steroid dienone is 4. The Bertz CT molecular complexity index is 2530. The van der Waals surface area contributed by atoms with Crippen LogP contribution in [0.1, 0.15) is 5.56 Å². The van der Waals surface area contributed by atoms with Gasteiger partial charge in [-0.05, 0) is 99.6 Å². The zero-order valence-corrected chi connectivity index (χ0v) is 27.6. The monoisotopic (exact) mass is 638 g/mol. The predicted molar refractivity (Wildman–Crippen MR) is 213 cm³/mol. The topological polar surface area (TPSA) is 8.17 Å².